The lowest BCUT2D eigenvalue weighted by Crippen LogP contribution is -2.36. The van der Waals surface area contributed by atoms with Crippen LogP contribution >= 0.6 is 0 Å². The first kappa shape index (κ1) is 36.0. The van der Waals surface area contributed by atoms with Gasteiger partial charge in [0.2, 0.25) is 0 Å². The third kappa shape index (κ3) is 13.7. The Labute approximate surface area is 237 Å². The van der Waals surface area contributed by atoms with Gasteiger partial charge in [-0.3, -0.25) is 14.6 Å². The lowest BCUT2D eigenvalue weighted by molar-refractivity contribution is -0.136. The minimum atomic E-state index is -0.885. The van der Waals surface area contributed by atoms with Crippen LogP contribution in [0.5, 0.6) is 0 Å². The third-order valence-corrected chi connectivity index (χ3v) is 5.63. The van der Waals surface area contributed by atoms with E-state index in [1.807, 2.05) is 23.8 Å². The Morgan fingerprint density at radius 1 is 1.20 bits per heavy atom. The molecule has 0 spiro atoms. The summed E-state index contributed by atoms with van der Waals surface area (Å²) in [5, 5.41) is 25.4. The van der Waals surface area contributed by atoms with Gasteiger partial charge in [-0.1, -0.05) is 19.1 Å². The lowest BCUT2D eigenvalue weighted by atomic mass is 10.0. The van der Waals surface area contributed by atoms with Crippen molar-refractivity contribution >= 4 is 30.9 Å². The standard InChI is InChI=1S/C21H27N5O4.C7H17N.CH2O/c1-14(20(28)12-27)19(9-22)26-7-6-16(10-24-13-23)18(11-26)25-17-4-2-15(3-5-17)8-21(29)30;1-5-6-8-7(2,3)4;1-2/h2-5,9-10,12,25,28H,6-8,11,13,22-23H2,1H3,(H,29,30);8H,5-6H2,1-4H3;1H2/b19-9+,20-14+,24-10-;;. The quantitative estimate of drug-likeness (QED) is 0.0775. The zero-order valence-electron chi connectivity index (χ0n) is 24.4. The van der Waals surface area contributed by atoms with Crippen LogP contribution in [0.4, 0.5) is 5.69 Å². The van der Waals surface area contributed by atoms with E-state index in [9.17, 15) is 14.7 Å². The number of aliphatic carboxylic acids is 1. The van der Waals surface area contributed by atoms with Crippen LogP contribution in [-0.4, -0.2) is 72.2 Å². The van der Waals surface area contributed by atoms with Gasteiger partial charge in [0.1, 0.15) is 6.79 Å². The molecule has 1 aliphatic rings. The number of carboxylic acid groups (broad SMARTS) is 1. The van der Waals surface area contributed by atoms with Crippen LogP contribution in [0.15, 0.2) is 63.8 Å². The molecule has 0 unspecified atom stereocenters. The molecule has 2 rings (SSSR count). The van der Waals surface area contributed by atoms with Crippen molar-refractivity contribution in [2.24, 2.45) is 16.5 Å². The number of anilines is 1. The molecule has 1 aromatic carbocycles. The fourth-order valence-electron chi connectivity index (χ4n) is 3.65. The number of carbonyl (C=O) groups is 3. The van der Waals surface area contributed by atoms with Gasteiger partial charge in [-0.2, -0.15) is 0 Å². The molecule has 0 amide bonds. The largest absolute Gasteiger partial charge is 0.504 e. The summed E-state index contributed by atoms with van der Waals surface area (Å²) in [4.78, 5) is 35.9. The smallest absolute Gasteiger partial charge is 0.307 e. The molecule has 0 atom stereocenters. The molecule has 0 fully saturated rings. The first-order valence-corrected chi connectivity index (χ1v) is 13.0. The highest BCUT2D eigenvalue weighted by molar-refractivity contribution is 5.81. The fraction of sp³-hybridized carbons (Fsp3) is 0.448. The average molecular weight is 559 g/mol. The Hall–Kier alpha value is -3.96. The van der Waals surface area contributed by atoms with Crippen LogP contribution < -0.4 is 22.1 Å². The Bertz CT molecular complexity index is 1060. The zero-order valence-corrected chi connectivity index (χ0v) is 24.4. The summed E-state index contributed by atoms with van der Waals surface area (Å²) in [6.45, 7) is 14.7. The molecular formula is C29H46N6O5. The molecule has 0 aliphatic carbocycles. The van der Waals surface area contributed by atoms with Crippen molar-refractivity contribution in [2.75, 3.05) is 31.6 Å². The van der Waals surface area contributed by atoms with E-state index < -0.39 is 5.97 Å². The summed E-state index contributed by atoms with van der Waals surface area (Å²) in [6.07, 6.45) is 5.31. The molecule has 0 radical (unpaired) electrons. The maximum Gasteiger partial charge on any atom is 0.307 e. The number of aliphatic hydroxyl groups excluding tert-OH is 1. The van der Waals surface area contributed by atoms with Crippen molar-refractivity contribution in [3.8, 4) is 0 Å². The number of carboxylic acids is 1. The van der Waals surface area contributed by atoms with Gasteiger partial charge in [0.25, 0.3) is 0 Å². The molecule has 0 saturated carbocycles. The van der Waals surface area contributed by atoms with Gasteiger partial charge in [-0.25, -0.2) is 0 Å². The van der Waals surface area contributed by atoms with Crippen molar-refractivity contribution in [1.82, 2.24) is 10.2 Å². The minimum Gasteiger partial charge on any atom is -0.504 e. The number of benzene rings is 1. The number of nitrogens with zero attached hydrogens (tertiary/aromatic N) is 2. The SMILES string of the molecule is C=O.CC(/C(=C\N)N1CCC(/C=N\CN)=C(Nc2ccc(CC(=O)O)cc2)C1)=C(\O)C=O.CCCNC(C)(C)C. The Balaban J connectivity index is 0.00000130. The van der Waals surface area contributed by atoms with Gasteiger partial charge < -0.3 is 42.0 Å². The molecule has 1 aliphatic heterocycles. The number of allylic oxidation sites excluding steroid dienone is 2. The minimum absolute atomic E-state index is 0.0400. The first-order chi connectivity index (χ1) is 18.9. The van der Waals surface area contributed by atoms with Crippen LogP contribution in [0.1, 0.15) is 53.0 Å². The van der Waals surface area contributed by atoms with Gasteiger partial charge in [0, 0.05) is 41.5 Å². The highest BCUT2D eigenvalue weighted by Gasteiger charge is 2.22. The Morgan fingerprint density at radius 2 is 1.82 bits per heavy atom. The number of carbonyl (C=O) groups excluding carboxylic acids is 2. The first-order valence-electron chi connectivity index (χ1n) is 13.0. The average Bonchev–Trinajstić information content (AvgIpc) is 2.93. The van der Waals surface area contributed by atoms with Crippen molar-refractivity contribution in [3.05, 3.63) is 64.3 Å². The molecule has 11 heteroatoms. The maximum atomic E-state index is 10.9. The van der Waals surface area contributed by atoms with Gasteiger partial charge in [-0.15, -0.1) is 0 Å². The van der Waals surface area contributed by atoms with Gasteiger partial charge in [-0.05, 0) is 70.4 Å². The van der Waals surface area contributed by atoms with Gasteiger partial charge in [0.05, 0.1) is 25.3 Å². The highest BCUT2D eigenvalue weighted by Crippen LogP contribution is 2.26. The number of hydrogen-bond acceptors (Lipinski definition) is 10. The zero-order chi connectivity index (χ0) is 30.7. The Morgan fingerprint density at radius 3 is 2.27 bits per heavy atom. The second kappa shape index (κ2) is 19.2. The van der Waals surface area contributed by atoms with Crippen molar-refractivity contribution in [2.45, 2.75) is 59.4 Å². The van der Waals surface area contributed by atoms with Crippen molar-refractivity contribution in [3.63, 3.8) is 0 Å². The van der Waals surface area contributed by atoms with E-state index in [1.54, 1.807) is 25.3 Å². The van der Waals surface area contributed by atoms with Crippen LogP contribution in [0.25, 0.3) is 0 Å². The molecule has 11 nitrogen and oxygen atoms in total. The van der Waals surface area contributed by atoms with E-state index in [0.29, 0.717) is 48.2 Å². The van der Waals surface area contributed by atoms with Gasteiger partial charge >= 0.3 is 5.97 Å². The molecule has 0 saturated heterocycles. The van der Waals surface area contributed by atoms with E-state index in [-0.39, 0.29) is 18.8 Å². The molecule has 0 aromatic heterocycles. The fourth-order valence-corrected chi connectivity index (χ4v) is 3.65. The predicted molar refractivity (Wildman–Crippen MR) is 161 cm³/mol. The van der Waals surface area contributed by atoms with Crippen molar-refractivity contribution < 1.29 is 24.6 Å². The van der Waals surface area contributed by atoms with Gasteiger partial charge in [0.15, 0.2) is 12.0 Å². The lowest BCUT2D eigenvalue weighted by Gasteiger charge is -2.34. The van der Waals surface area contributed by atoms with Crippen molar-refractivity contribution in [1.29, 1.82) is 0 Å². The second-order valence-corrected chi connectivity index (χ2v) is 9.92. The summed E-state index contributed by atoms with van der Waals surface area (Å²) in [5.41, 5.74) is 15.9. The van der Waals surface area contributed by atoms with Crippen LogP contribution in [0.2, 0.25) is 0 Å². The summed E-state index contributed by atoms with van der Waals surface area (Å²) in [6, 6.07) is 7.13. The molecule has 1 heterocycles. The number of aliphatic hydroxyl groups is 1. The highest BCUT2D eigenvalue weighted by atomic mass is 16.4. The summed E-state index contributed by atoms with van der Waals surface area (Å²) >= 11 is 0. The van der Waals surface area contributed by atoms with Crippen LogP contribution in [-0.2, 0) is 20.8 Å². The third-order valence-electron chi connectivity index (χ3n) is 5.63. The van der Waals surface area contributed by atoms with E-state index in [4.69, 9.17) is 21.4 Å². The monoisotopic (exact) mass is 558 g/mol. The molecule has 0 bridgehead atoms. The maximum absolute atomic E-state index is 10.9. The van der Waals surface area contributed by atoms with E-state index in [1.165, 1.54) is 12.6 Å². The number of rotatable bonds is 11. The normalized spacial score (nSPS) is 14.4. The molecule has 40 heavy (non-hydrogen) atoms. The summed E-state index contributed by atoms with van der Waals surface area (Å²) in [5.74, 6) is -1.25. The predicted octanol–water partition coefficient (Wildman–Crippen LogP) is 3.10. The van der Waals surface area contributed by atoms with E-state index in [0.717, 1.165) is 23.5 Å². The topological polar surface area (TPSA) is 183 Å². The summed E-state index contributed by atoms with van der Waals surface area (Å²) in [7, 11) is 0. The van der Waals surface area contributed by atoms with E-state index >= 15 is 0 Å². The Kier molecular flexibility index (Phi) is 17.3. The number of hydrogen-bond donors (Lipinski definition) is 6. The number of aldehydes is 1. The molecule has 222 valence electrons. The molecule has 8 N–H and O–H groups in total. The number of nitrogens with one attached hydrogen (secondary N) is 2. The summed E-state index contributed by atoms with van der Waals surface area (Å²) < 4.78 is 0. The van der Waals surface area contributed by atoms with Crippen LogP contribution in [0, 0.1) is 0 Å². The molecular weight excluding hydrogens is 512 g/mol. The van der Waals surface area contributed by atoms with E-state index in [2.05, 4.69) is 43.3 Å². The number of aliphatic imine (C=N–C) groups is 1. The number of nitrogens with two attached hydrogens (primary N) is 2. The second-order valence-electron chi connectivity index (χ2n) is 9.92. The molecule has 1 aromatic rings. The van der Waals surface area contributed by atoms with Crippen LogP contribution in [0.3, 0.4) is 0 Å².